The topological polar surface area (TPSA) is 87.7 Å². The van der Waals surface area contributed by atoms with Crippen LogP contribution in [-0.4, -0.2) is 37.8 Å². The molecule has 1 aliphatic heterocycles. The van der Waals surface area contributed by atoms with Crippen LogP contribution < -0.4 is 4.90 Å². The molecule has 4 rings (SSSR count). The molecule has 1 saturated heterocycles. The summed E-state index contributed by atoms with van der Waals surface area (Å²) in [5.74, 6) is -4.26. The fourth-order valence-electron chi connectivity index (χ4n) is 3.52. The van der Waals surface area contributed by atoms with Gasteiger partial charge in [-0.3, -0.25) is 14.8 Å². The molecular weight excluding hydrogens is 385 g/mol. The lowest BCUT2D eigenvalue weighted by atomic mass is 9.90. The number of hydrogen-bond acceptors (Lipinski definition) is 5. The van der Waals surface area contributed by atoms with Crippen molar-refractivity contribution in [3.8, 4) is 11.4 Å². The van der Waals surface area contributed by atoms with E-state index in [-0.39, 0.29) is 29.8 Å². The third kappa shape index (κ3) is 3.45. The van der Waals surface area contributed by atoms with Gasteiger partial charge >= 0.3 is 0 Å². The second-order valence-corrected chi connectivity index (χ2v) is 7.18. The average molecular weight is 402 g/mol. The first-order chi connectivity index (χ1) is 13.8. The number of amides is 1. The van der Waals surface area contributed by atoms with E-state index < -0.39 is 23.4 Å². The quantitative estimate of drug-likeness (QED) is 0.678. The molecule has 0 saturated carbocycles. The second kappa shape index (κ2) is 7.26. The zero-order chi connectivity index (χ0) is 20.7. The molecule has 7 nitrogen and oxygen atoms in total. The van der Waals surface area contributed by atoms with Crippen LogP contribution in [0.5, 0.6) is 0 Å². The van der Waals surface area contributed by atoms with Gasteiger partial charge in [0.1, 0.15) is 0 Å². The Morgan fingerprint density at radius 3 is 2.55 bits per heavy atom. The van der Waals surface area contributed by atoms with Crippen molar-refractivity contribution in [2.24, 2.45) is 11.8 Å². The highest BCUT2D eigenvalue weighted by Gasteiger charge is 2.40. The Labute approximate surface area is 164 Å². The van der Waals surface area contributed by atoms with Gasteiger partial charge in [-0.25, -0.2) is 13.2 Å². The largest absolute Gasteiger partial charge is 0.279 e. The van der Waals surface area contributed by atoms with Crippen molar-refractivity contribution >= 4 is 11.9 Å². The highest BCUT2D eigenvalue weighted by atomic mass is 19.2. The van der Waals surface area contributed by atoms with E-state index in [1.54, 1.807) is 12.4 Å². The number of carbonyl (C=O) groups excluding carboxylic acids is 1. The minimum atomic E-state index is -1.52. The molecule has 10 heteroatoms. The zero-order valence-corrected chi connectivity index (χ0v) is 15.7. The predicted octanol–water partition coefficient (Wildman–Crippen LogP) is 2.83. The maximum atomic E-state index is 13.5. The summed E-state index contributed by atoms with van der Waals surface area (Å²) in [6, 6.07) is 1.84. The Morgan fingerprint density at radius 1 is 1.17 bits per heavy atom. The Bertz CT molecular complexity index is 1060. The van der Waals surface area contributed by atoms with Gasteiger partial charge in [-0.2, -0.15) is 15.2 Å². The van der Waals surface area contributed by atoms with Crippen LogP contribution in [0.1, 0.15) is 18.1 Å². The third-order valence-electron chi connectivity index (χ3n) is 5.14. The van der Waals surface area contributed by atoms with Crippen LogP contribution in [0.25, 0.3) is 11.4 Å². The number of carbonyl (C=O) groups is 1. The fraction of sp³-hybridized carbons (Fsp3) is 0.316. The Hall–Kier alpha value is -3.30. The predicted molar refractivity (Wildman–Crippen MR) is 97.2 cm³/mol. The van der Waals surface area contributed by atoms with E-state index in [1.807, 2.05) is 13.8 Å². The third-order valence-corrected chi connectivity index (χ3v) is 5.14. The Morgan fingerprint density at radius 2 is 1.86 bits per heavy atom. The van der Waals surface area contributed by atoms with E-state index in [0.29, 0.717) is 17.9 Å². The fourth-order valence-corrected chi connectivity index (χ4v) is 3.52. The molecular formula is C19H17F3N6O. The number of anilines is 1. The first kappa shape index (κ1) is 19.0. The Kier molecular flexibility index (Phi) is 4.77. The summed E-state index contributed by atoms with van der Waals surface area (Å²) in [6.07, 6.45) is 3.24. The number of benzene rings is 1. The first-order valence-electron chi connectivity index (χ1n) is 9.00. The molecule has 1 aromatic carbocycles. The Balaban J connectivity index is 1.56. The standard InChI is InChI=1S/C19H17F3N6O/c1-9-6-23-24-7-13(9)17-25-19(27-26-17)28-8-10(2)12(18(28)29)3-11-4-14(20)16(22)15(21)5-11/h4-7,10,12H,3,8H2,1-2H3,(H,25,26,27). The van der Waals surface area contributed by atoms with Gasteiger partial charge in [0.15, 0.2) is 23.3 Å². The number of hydrogen-bond donors (Lipinski definition) is 1. The number of H-pyrrole nitrogens is 1. The lowest BCUT2D eigenvalue weighted by Crippen LogP contribution is -2.28. The molecule has 150 valence electrons. The maximum Gasteiger partial charge on any atom is 0.251 e. The molecule has 2 aromatic heterocycles. The van der Waals surface area contributed by atoms with Gasteiger partial charge in [-0.15, -0.1) is 5.10 Å². The number of aryl methyl sites for hydroxylation is 1. The molecule has 0 radical (unpaired) electrons. The van der Waals surface area contributed by atoms with Gasteiger partial charge in [0.25, 0.3) is 5.95 Å². The van der Waals surface area contributed by atoms with Crippen LogP contribution in [0.3, 0.4) is 0 Å². The van der Waals surface area contributed by atoms with E-state index in [0.717, 1.165) is 17.7 Å². The normalized spacial score (nSPS) is 19.2. The highest BCUT2D eigenvalue weighted by molar-refractivity contribution is 5.96. The summed E-state index contributed by atoms with van der Waals surface area (Å²) in [6.45, 7) is 4.08. The van der Waals surface area contributed by atoms with E-state index in [1.165, 1.54) is 4.90 Å². The molecule has 1 fully saturated rings. The van der Waals surface area contributed by atoms with Crippen LogP contribution >= 0.6 is 0 Å². The smallest absolute Gasteiger partial charge is 0.251 e. The van der Waals surface area contributed by atoms with Crippen LogP contribution in [-0.2, 0) is 11.2 Å². The number of aromatic amines is 1. The van der Waals surface area contributed by atoms with E-state index in [2.05, 4.69) is 25.4 Å². The molecule has 1 N–H and O–H groups in total. The molecule has 0 aliphatic carbocycles. The SMILES string of the molecule is Cc1cnncc1-c1nc(N2CC(C)C(Cc3cc(F)c(F)c(F)c3)C2=O)n[nH]1. The highest BCUT2D eigenvalue weighted by Crippen LogP contribution is 2.31. The van der Waals surface area contributed by atoms with Gasteiger partial charge in [-0.05, 0) is 42.5 Å². The molecule has 0 bridgehead atoms. The number of nitrogens with zero attached hydrogens (tertiary/aromatic N) is 5. The summed E-state index contributed by atoms with van der Waals surface area (Å²) in [5.41, 5.74) is 1.79. The molecule has 1 aliphatic rings. The summed E-state index contributed by atoms with van der Waals surface area (Å²) in [7, 11) is 0. The van der Waals surface area contributed by atoms with E-state index in [9.17, 15) is 18.0 Å². The molecule has 1 amide bonds. The zero-order valence-electron chi connectivity index (χ0n) is 15.7. The summed E-state index contributed by atoms with van der Waals surface area (Å²) >= 11 is 0. The summed E-state index contributed by atoms with van der Waals surface area (Å²) < 4.78 is 40.2. The average Bonchev–Trinajstić information content (AvgIpc) is 3.27. The van der Waals surface area contributed by atoms with Crippen molar-refractivity contribution in [3.63, 3.8) is 0 Å². The van der Waals surface area contributed by atoms with E-state index in [4.69, 9.17) is 0 Å². The van der Waals surface area contributed by atoms with Crippen LogP contribution in [0.15, 0.2) is 24.5 Å². The molecule has 29 heavy (non-hydrogen) atoms. The number of halogens is 3. The van der Waals surface area contributed by atoms with E-state index >= 15 is 0 Å². The van der Waals surface area contributed by atoms with Crippen LogP contribution in [0.4, 0.5) is 19.1 Å². The maximum absolute atomic E-state index is 13.5. The minimum Gasteiger partial charge on any atom is -0.279 e. The number of nitrogens with one attached hydrogen (secondary N) is 1. The molecule has 2 atom stereocenters. The van der Waals surface area contributed by atoms with Gasteiger partial charge in [-0.1, -0.05) is 6.92 Å². The molecule has 0 spiro atoms. The first-order valence-corrected chi connectivity index (χ1v) is 9.00. The summed E-state index contributed by atoms with van der Waals surface area (Å²) in [5, 5.41) is 14.5. The molecule has 3 heterocycles. The van der Waals surface area contributed by atoms with Crippen molar-refractivity contribution in [3.05, 3.63) is 53.1 Å². The van der Waals surface area contributed by atoms with Gasteiger partial charge in [0, 0.05) is 18.0 Å². The second-order valence-electron chi connectivity index (χ2n) is 7.18. The molecule has 2 unspecified atom stereocenters. The van der Waals surface area contributed by atoms with Crippen molar-refractivity contribution < 1.29 is 18.0 Å². The lowest BCUT2D eigenvalue weighted by molar-refractivity contribution is -0.120. The van der Waals surface area contributed by atoms with Crippen LogP contribution in [0.2, 0.25) is 0 Å². The monoisotopic (exact) mass is 402 g/mol. The van der Waals surface area contributed by atoms with Crippen molar-refractivity contribution in [2.75, 3.05) is 11.4 Å². The number of rotatable bonds is 4. The number of aromatic nitrogens is 5. The molecule has 3 aromatic rings. The lowest BCUT2D eigenvalue weighted by Gasteiger charge is -2.13. The minimum absolute atomic E-state index is 0.0925. The van der Waals surface area contributed by atoms with Crippen LogP contribution in [0, 0.1) is 36.2 Å². The van der Waals surface area contributed by atoms with Crippen molar-refractivity contribution in [1.82, 2.24) is 25.4 Å². The van der Waals surface area contributed by atoms with Crippen molar-refractivity contribution in [1.29, 1.82) is 0 Å². The summed E-state index contributed by atoms with van der Waals surface area (Å²) in [4.78, 5) is 18.7. The van der Waals surface area contributed by atoms with Gasteiger partial charge < -0.3 is 0 Å². The van der Waals surface area contributed by atoms with Gasteiger partial charge in [0.2, 0.25) is 5.91 Å². The van der Waals surface area contributed by atoms with Crippen molar-refractivity contribution in [2.45, 2.75) is 20.3 Å². The van der Waals surface area contributed by atoms with Gasteiger partial charge in [0.05, 0.1) is 12.4 Å².